The summed E-state index contributed by atoms with van der Waals surface area (Å²) < 4.78 is 2.08. The highest BCUT2D eigenvalue weighted by Crippen LogP contribution is 2.09. The summed E-state index contributed by atoms with van der Waals surface area (Å²) >= 11 is 1.70. The third kappa shape index (κ3) is 2.55. The van der Waals surface area contributed by atoms with Crippen LogP contribution in [0, 0.1) is 6.92 Å². The number of rotatable bonds is 3. The highest BCUT2D eigenvalue weighted by atomic mass is 32.2. The van der Waals surface area contributed by atoms with Crippen molar-refractivity contribution in [3.05, 3.63) is 18.2 Å². The molecule has 0 amide bonds. The molecule has 0 aromatic carbocycles. The van der Waals surface area contributed by atoms with Gasteiger partial charge in [-0.25, -0.2) is 4.98 Å². The monoisotopic (exact) mass is 171 g/mol. The number of imidazole rings is 1. The van der Waals surface area contributed by atoms with Gasteiger partial charge in [-0.2, -0.15) is 0 Å². The Morgan fingerprint density at radius 2 is 2.55 bits per heavy atom. The number of thioether (sulfide) groups is 1. The number of aryl methyl sites for hydroxylation is 1. The quantitative estimate of drug-likeness (QED) is 0.695. The van der Waals surface area contributed by atoms with Crippen molar-refractivity contribution in [2.45, 2.75) is 25.1 Å². The molecule has 0 aliphatic rings. The minimum absolute atomic E-state index is 0.191. The minimum Gasteiger partial charge on any atom is -0.325 e. The van der Waals surface area contributed by atoms with Gasteiger partial charge in [-0.05, 0) is 13.8 Å². The molecule has 1 unspecified atom stereocenters. The van der Waals surface area contributed by atoms with E-state index in [2.05, 4.69) is 9.55 Å². The first-order chi connectivity index (χ1) is 5.20. The lowest BCUT2D eigenvalue weighted by Crippen LogP contribution is -2.11. The summed E-state index contributed by atoms with van der Waals surface area (Å²) in [4.78, 5) is 4.01. The first-order valence-electron chi connectivity index (χ1n) is 3.54. The van der Waals surface area contributed by atoms with Crippen LogP contribution in [0.3, 0.4) is 0 Å². The molecule has 0 aliphatic carbocycles. The van der Waals surface area contributed by atoms with Gasteiger partial charge in [-0.15, -0.1) is 11.8 Å². The highest BCUT2D eigenvalue weighted by Gasteiger charge is 1.97. The maximum atomic E-state index is 5.59. The van der Waals surface area contributed by atoms with Gasteiger partial charge in [0, 0.05) is 17.3 Å². The third-order valence-electron chi connectivity index (χ3n) is 1.40. The Kier molecular flexibility index (Phi) is 2.96. The lowest BCUT2D eigenvalue weighted by atomic mass is 10.5. The van der Waals surface area contributed by atoms with E-state index >= 15 is 0 Å². The van der Waals surface area contributed by atoms with Crippen molar-refractivity contribution in [2.75, 3.05) is 0 Å². The molecule has 1 heterocycles. The van der Waals surface area contributed by atoms with Gasteiger partial charge >= 0.3 is 0 Å². The Morgan fingerprint density at radius 3 is 3.00 bits per heavy atom. The van der Waals surface area contributed by atoms with Crippen LogP contribution in [0.2, 0.25) is 0 Å². The molecule has 1 aromatic heterocycles. The summed E-state index contributed by atoms with van der Waals surface area (Å²) in [5.74, 6) is 0.892. The minimum atomic E-state index is 0.191. The van der Waals surface area contributed by atoms with Crippen LogP contribution in [-0.2, 0) is 5.88 Å². The number of hydrogen-bond acceptors (Lipinski definition) is 3. The van der Waals surface area contributed by atoms with E-state index in [9.17, 15) is 0 Å². The molecule has 1 aromatic rings. The number of hydrogen-bond donors (Lipinski definition) is 1. The van der Waals surface area contributed by atoms with Crippen molar-refractivity contribution >= 4 is 11.8 Å². The first-order valence-corrected chi connectivity index (χ1v) is 4.59. The predicted octanol–water partition coefficient (Wildman–Crippen LogP) is 1.19. The summed E-state index contributed by atoms with van der Waals surface area (Å²) in [6, 6.07) is 0. The standard InChI is InChI=1S/C7H13N3S/c1-6-3-9-4-10(6)5-11-7(2)8/h3-4,7H,5,8H2,1-2H3. The van der Waals surface area contributed by atoms with Gasteiger partial charge in [0.2, 0.25) is 0 Å². The van der Waals surface area contributed by atoms with E-state index in [-0.39, 0.29) is 5.37 Å². The van der Waals surface area contributed by atoms with Gasteiger partial charge in [0.25, 0.3) is 0 Å². The first kappa shape index (κ1) is 8.62. The van der Waals surface area contributed by atoms with Gasteiger partial charge in [0.15, 0.2) is 0 Å². The molecule has 0 bridgehead atoms. The lowest BCUT2D eigenvalue weighted by molar-refractivity contribution is 0.845. The summed E-state index contributed by atoms with van der Waals surface area (Å²) in [6.07, 6.45) is 3.67. The topological polar surface area (TPSA) is 43.8 Å². The van der Waals surface area contributed by atoms with E-state index in [1.165, 1.54) is 5.69 Å². The molecule has 0 radical (unpaired) electrons. The second-order valence-corrected chi connectivity index (χ2v) is 3.84. The number of nitrogens with zero attached hydrogens (tertiary/aromatic N) is 2. The molecular weight excluding hydrogens is 158 g/mol. The van der Waals surface area contributed by atoms with Gasteiger partial charge in [-0.3, -0.25) is 0 Å². The second kappa shape index (κ2) is 3.78. The highest BCUT2D eigenvalue weighted by molar-refractivity contribution is 7.98. The summed E-state index contributed by atoms with van der Waals surface area (Å²) in [6.45, 7) is 4.02. The van der Waals surface area contributed by atoms with Crippen molar-refractivity contribution in [1.29, 1.82) is 0 Å². The fourth-order valence-electron chi connectivity index (χ4n) is 0.720. The molecule has 1 rings (SSSR count). The van der Waals surface area contributed by atoms with E-state index in [4.69, 9.17) is 5.73 Å². The van der Waals surface area contributed by atoms with Gasteiger partial charge in [0.1, 0.15) is 0 Å². The Labute approximate surface area is 71.0 Å². The van der Waals surface area contributed by atoms with Gasteiger partial charge in [0.05, 0.1) is 12.2 Å². The molecule has 1 atom stereocenters. The van der Waals surface area contributed by atoms with Gasteiger partial charge < -0.3 is 10.3 Å². The van der Waals surface area contributed by atoms with Crippen molar-refractivity contribution < 1.29 is 0 Å². The molecular formula is C7H13N3S. The van der Waals surface area contributed by atoms with Crippen LogP contribution in [0.1, 0.15) is 12.6 Å². The lowest BCUT2D eigenvalue weighted by Gasteiger charge is -2.06. The third-order valence-corrected chi connectivity index (χ3v) is 2.35. The van der Waals surface area contributed by atoms with Crippen LogP contribution in [-0.4, -0.2) is 14.9 Å². The normalized spacial score (nSPS) is 13.4. The van der Waals surface area contributed by atoms with Crippen LogP contribution in [0.5, 0.6) is 0 Å². The molecule has 0 saturated carbocycles. The fourth-order valence-corrected chi connectivity index (χ4v) is 1.39. The largest absolute Gasteiger partial charge is 0.325 e. The maximum absolute atomic E-state index is 5.59. The average molecular weight is 171 g/mol. The van der Waals surface area contributed by atoms with E-state index in [1.54, 1.807) is 11.8 Å². The summed E-state index contributed by atoms with van der Waals surface area (Å²) in [5, 5.41) is 0.191. The van der Waals surface area contributed by atoms with Crippen molar-refractivity contribution in [2.24, 2.45) is 5.73 Å². The van der Waals surface area contributed by atoms with Crippen molar-refractivity contribution in [3.63, 3.8) is 0 Å². The molecule has 4 heteroatoms. The second-order valence-electron chi connectivity index (χ2n) is 2.51. The Bertz CT molecular complexity index is 219. The van der Waals surface area contributed by atoms with Gasteiger partial charge in [-0.1, -0.05) is 0 Å². The van der Waals surface area contributed by atoms with Crippen LogP contribution in [0.25, 0.3) is 0 Å². The SMILES string of the molecule is Cc1cncn1CSC(C)N. The zero-order valence-electron chi connectivity index (χ0n) is 6.82. The zero-order valence-corrected chi connectivity index (χ0v) is 7.64. The van der Waals surface area contributed by atoms with E-state index in [1.807, 2.05) is 26.4 Å². The smallest absolute Gasteiger partial charge is 0.0955 e. The number of aromatic nitrogens is 2. The van der Waals surface area contributed by atoms with Crippen molar-refractivity contribution in [1.82, 2.24) is 9.55 Å². The van der Waals surface area contributed by atoms with Crippen LogP contribution in [0.4, 0.5) is 0 Å². The summed E-state index contributed by atoms with van der Waals surface area (Å²) in [7, 11) is 0. The fraction of sp³-hybridized carbons (Fsp3) is 0.571. The average Bonchev–Trinajstić information content (AvgIpc) is 2.31. The zero-order chi connectivity index (χ0) is 8.27. The molecule has 0 fully saturated rings. The number of nitrogens with two attached hydrogens (primary N) is 1. The Balaban J connectivity index is 2.44. The molecule has 11 heavy (non-hydrogen) atoms. The molecule has 3 nitrogen and oxygen atoms in total. The van der Waals surface area contributed by atoms with Crippen molar-refractivity contribution in [3.8, 4) is 0 Å². The Morgan fingerprint density at radius 1 is 1.82 bits per heavy atom. The van der Waals surface area contributed by atoms with Crippen LogP contribution in [0.15, 0.2) is 12.5 Å². The molecule has 2 N–H and O–H groups in total. The van der Waals surface area contributed by atoms with E-state index in [0.717, 1.165) is 5.88 Å². The molecule has 0 aliphatic heterocycles. The molecule has 62 valence electrons. The van der Waals surface area contributed by atoms with E-state index in [0.29, 0.717) is 0 Å². The summed E-state index contributed by atoms with van der Waals surface area (Å²) in [5.41, 5.74) is 6.77. The van der Waals surface area contributed by atoms with Crippen LogP contribution < -0.4 is 5.73 Å². The van der Waals surface area contributed by atoms with Crippen LogP contribution >= 0.6 is 11.8 Å². The van der Waals surface area contributed by atoms with E-state index < -0.39 is 0 Å². The molecule has 0 spiro atoms. The predicted molar refractivity (Wildman–Crippen MR) is 48.2 cm³/mol. The maximum Gasteiger partial charge on any atom is 0.0955 e. The Hall–Kier alpha value is -0.480. The molecule has 0 saturated heterocycles.